The molecule has 0 amide bonds. The van der Waals surface area contributed by atoms with E-state index in [1.165, 1.54) is 0 Å². The number of likely N-dealkylation sites (tertiary alicyclic amines) is 1. The zero-order valence-electron chi connectivity index (χ0n) is 11.6. The van der Waals surface area contributed by atoms with Gasteiger partial charge in [0.25, 0.3) is 0 Å². The first-order valence-electron chi connectivity index (χ1n) is 6.85. The topological polar surface area (TPSA) is 44.9 Å². The Labute approximate surface area is 125 Å². The number of aromatic nitrogens is 2. The van der Waals surface area contributed by atoms with Crippen molar-refractivity contribution in [3.63, 3.8) is 0 Å². The van der Waals surface area contributed by atoms with E-state index >= 15 is 0 Å². The largest absolute Gasteiger partial charge is 0.323 e. The molecule has 1 atom stereocenters. The number of halogens is 3. The summed E-state index contributed by atoms with van der Waals surface area (Å²) >= 11 is 0. The highest BCUT2D eigenvalue weighted by molar-refractivity contribution is 5.24. The molecule has 1 fully saturated rings. The molecule has 0 N–H and O–H groups in total. The summed E-state index contributed by atoms with van der Waals surface area (Å²) in [5, 5.41) is 8.74. The van der Waals surface area contributed by atoms with Crippen LogP contribution < -0.4 is 0 Å². The van der Waals surface area contributed by atoms with Crippen molar-refractivity contribution >= 4 is 0 Å². The first-order chi connectivity index (χ1) is 10.6. The molecule has 22 heavy (non-hydrogen) atoms. The van der Waals surface area contributed by atoms with Gasteiger partial charge in [0.1, 0.15) is 6.07 Å². The van der Waals surface area contributed by atoms with Gasteiger partial charge >= 0.3 is 0 Å². The van der Waals surface area contributed by atoms with Crippen molar-refractivity contribution in [3.05, 3.63) is 53.4 Å². The Morgan fingerprint density at radius 3 is 2.64 bits per heavy atom. The van der Waals surface area contributed by atoms with E-state index in [4.69, 9.17) is 5.26 Å². The smallest absolute Gasteiger partial charge is 0.194 e. The first kappa shape index (κ1) is 14.6. The summed E-state index contributed by atoms with van der Waals surface area (Å²) in [6, 6.07) is 4.09. The number of rotatable bonds is 3. The summed E-state index contributed by atoms with van der Waals surface area (Å²) < 4.78 is 41.4. The molecule has 1 aliphatic heterocycles. The van der Waals surface area contributed by atoms with E-state index in [-0.39, 0.29) is 5.92 Å². The summed E-state index contributed by atoms with van der Waals surface area (Å²) in [7, 11) is 0. The zero-order chi connectivity index (χ0) is 15.7. The van der Waals surface area contributed by atoms with Crippen LogP contribution in [0.25, 0.3) is 0 Å². The molecule has 1 unspecified atom stereocenters. The third kappa shape index (κ3) is 2.83. The van der Waals surface area contributed by atoms with Crippen molar-refractivity contribution in [2.45, 2.75) is 19.0 Å². The maximum atomic E-state index is 13.3. The van der Waals surface area contributed by atoms with Gasteiger partial charge in [-0.05, 0) is 30.0 Å². The Morgan fingerprint density at radius 2 is 2.00 bits per heavy atom. The Hall–Kier alpha value is -2.33. The van der Waals surface area contributed by atoms with Gasteiger partial charge < -0.3 is 4.57 Å². The standard InChI is InChI=1S/C15H13F3N4/c16-13-3-11(4-14(17)15(13)18)10-1-2-21(6-10)9-22-7-12(5-19)20-8-22/h3-4,7-8,10H,1-2,6,9H2. The van der Waals surface area contributed by atoms with Crippen LogP contribution in [0.1, 0.15) is 23.6 Å². The molecule has 1 aromatic heterocycles. The third-order valence-corrected chi connectivity index (χ3v) is 3.86. The minimum atomic E-state index is -1.43. The molecular formula is C15H13F3N4. The molecular weight excluding hydrogens is 293 g/mol. The molecule has 1 saturated heterocycles. The van der Waals surface area contributed by atoms with Crippen LogP contribution in [0.5, 0.6) is 0 Å². The lowest BCUT2D eigenvalue weighted by Gasteiger charge is -2.16. The monoisotopic (exact) mass is 306 g/mol. The third-order valence-electron chi connectivity index (χ3n) is 3.86. The summed E-state index contributed by atoms with van der Waals surface area (Å²) in [4.78, 5) is 6.01. The summed E-state index contributed by atoms with van der Waals surface area (Å²) in [5.41, 5.74) is 0.820. The van der Waals surface area contributed by atoms with Crippen LogP contribution in [0.4, 0.5) is 13.2 Å². The maximum Gasteiger partial charge on any atom is 0.194 e. The predicted molar refractivity (Wildman–Crippen MR) is 72.2 cm³/mol. The lowest BCUT2D eigenvalue weighted by molar-refractivity contribution is 0.266. The molecule has 1 aliphatic rings. The van der Waals surface area contributed by atoms with Crippen LogP contribution in [-0.2, 0) is 6.67 Å². The fourth-order valence-corrected chi connectivity index (χ4v) is 2.77. The van der Waals surface area contributed by atoms with Gasteiger partial charge in [-0.3, -0.25) is 4.90 Å². The van der Waals surface area contributed by atoms with E-state index in [2.05, 4.69) is 9.88 Å². The van der Waals surface area contributed by atoms with Crippen LogP contribution in [-0.4, -0.2) is 27.5 Å². The van der Waals surface area contributed by atoms with E-state index in [0.717, 1.165) is 25.1 Å². The van der Waals surface area contributed by atoms with Crippen molar-refractivity contribution in [3.8, 4) is 6.07 Å². The minimum Gasteiger partial charge on any atom is -0.323 e. The molecule has 0 bridgehead atoms. The summed E-state index contributed by atoms with van der Waals surface area (Å²) in [6.07, 6.45) is 3.96. The minimum absolute atomic E-state index is 0.0384. The predicted octanol–water partition coefficient (Wildman–Crippen LogP) is 2.62. The van der Waals surface area contributed by atoms with E-state index in [1.54, 1.807) is 17.1 Å². The molecule has 2 aromatic rings. The van der Waals surface area contributed by atoms with Crippen molar-refractivity contribution < 1.29 is 13.2 Å². The SMILES string of the molecule is N#Cc1cn(CN2CCC(c3cc(F)c(F)c(F)c3)C2)cn1. The van der Waals surface area contributed by atoms with Gasteiger partial charge in [0, 0.05) is 19.3 Å². The number of benzene rings is 1. The number of nitrogens with zero attached hydrogens (tertiary/aromatic N) is 4. The highest BCUT2D eigenvalue weighted by atomic mass is 19.2. The van der Waals surface area contributed by atoms with Gasteiger partial charge in [0.2, 0.25) is 0 Å². The number of nitriles is 1. The van der Waals surface area contributed by atoms with Crippen molar-refractivity contribution in [1.82, 2.24) is 14.5 Å². The van der Waals surface area contributed by atoms with Gasteiger partial charge in [-0.1, -0.05) is 0 Å². The molecule has 7 heteroatoms. The van der Waals surface area contributed by atoms with Crippen molar-refractivity contribution in [1.29, 1.82) is 5.26 Å². The van der Waals surface area contributed by atoms with Crippen LogP contribution in [0.15, 0.2) is 24.7 Å². The Morgan fingerprint density at radius 1 is 1.27 bits per heavy atom. The van der Waals surface area contributed by atoms with Crippen molar-refractivity contribution in [2.24, 2.45) is 0 Å². The molecule has 0 saturated carbocycles. The number of hydrogen-bond acceptors (Lipinski definition) is 3. The highest BCUT2D eigenvalue weighted by Gasteiger charge is 2.26. The second-order valence-electron chi connectivity index (χ2n) is 5.39. The highest BCUT2D eigenvalue weighted by Crippen LogP contribution is 2.29. The average Bonchev–Trinajstić information content (AvgIpc) is 3.14. The van der Waals surface area contributed by atoms with E-state index in [9.17, 15) is 13.2 Å². The first-order valence-corrected chi connectivity index (χ1v) is 6.85. The van der Waals surface area contributed by atoms with E-state index in [0.29, 0.717) is 24.5 Å². The second kappa shape index (κ2) is 5.81. The van der Waals surface area contributed by atoms with Gasteiger partial charge in [-0.2, -0.15) is 5.26 Å². The van der Waals surface area contributed by atoms with Gasteiger partial charge in [0.05, 0.1) is 13.0 Å². The maximum absolute atomic E-state index is 13.3. The second-order valence-corrected chi connectivity index (χ2v) is 5.39. The Balaban J connectivity index is 1.68. The van der Waals surface area contributed by atoms with Gasteiger partial charge in [-0.15, -0.1) is 0 Å². The summed E-state index contributed by atoms with van der Waals surface area (Å²) in [5.74, 6) is -3.77. The lowest BCUT2D eigenvalue weighted by Crippen LogP contribution is -2.23. The quantitative estimate of drug-likeness (QED) is 0.819. The molecule has 0 radical (unpaired) electrons. The molecule has 3 rings (SSSR count). The van der Waals surface area contributed by atoms with E-state index in [1.807, 2.05) is 6.07 Å². The number of hydrogen-bond donors (Lipinski definition) is 0. The molecule has 1 aromatic carbocycles. The van der Waals surface area contributed by atoms with Crippen molar-refractivity contribution in [2.75, 3.05) is 13.1 Å². The fourth-order valence-electron chi connectivity index (χ4n) is 2.77. The van der Waals surface area contributed by atoms with Crippen LogP contribution >= 0.6 is 0 Å². The van der Waals surface area contributed by atoms with Gasteiger partial charge in [0.15, 0.2) is 23.1 Å². The fraction of sp³-hybridized carbons (Fsp3) is 0.333. The van der Waals surface area contributed by atoms with E-state index < -0.39 is 17.5 Å². The Bertz CT molecular complexity index is 712. The van der Waals surface area contributed by atoms with Crippen LogP contribution in [0.2, 0.25) is 0 Å². The van der Waals surface area contributed by atoms with Crippen LogP contribution in [0, 0.1) is 28.8 Å². The molecule has 2 heterocycles. The van der Waals surface area contributed by atoms with Crippen LogP contribution in [0.3, 0.4) is 0 Å². The normalized spacial score (nSPS) is 18.5. The average molecular weight is 306 g/mol. The molecule has 114 valence electrons. The lowest BCUT2D eigenvalue weighted by atomic mass is 9.98. The summed E-state index contributed by atoms with van der Waals surface area (Å²) in [6.45, 7) is 1.92. The zero-order valence-corrected chi connectivity index (χ0v) is 11.6. The van der Waals surface area contributed by atoms with Gasteiger partial charge in [-0.25, -0.2) is 18.2 Å². The Kier molecular flexibility index (Phi) is 3.86. The number of imidazole rings is 1. The molecule has 0 spiro atoms. The molecule has 0 aliphatic carbocycles. The molecule has 4 nitrogen and oxygen atoms in total.